The van der Waals surface area contributed by atoms with Crippen LogP contribution in [0.5, 0.6) is 0 Å². The summed E-state index contributed by atoms with van der Waals surface area (Å²) in [4.78, 5) is 3.96. The average molecular weight is 240 g/mol. The van der Waals surface area contributed by atoms with Crippen molar-refractivity contribution in [2.75, 3.05) is 6.54 Å². The molecule has 0 amide bonds. The third kappa shape index (κ3) is 4.06. The highest BCUT2D eigenvalue weighted by Gasteiger charge is 2.30. The summed E-state index contributed by atoms with van der Waals surface area (Å²) in [6, 6.07) is 2.85. The molecule has 1 heterocycles. The lowest BCUT2D eigenvalue weighted by atomic mass is 9.94. The summed E-state index contributed by atoms with van der Waals surface area (Å²) in [5.74, 6) is -0.393. The summed E-state index contributed by atoms with van der Waals surface area (Å²) in [7, 11) is 0. The van der Waals surface area contributed by atoms with Gasteiger partial charge in [-0.05, 0) is 39.3 Å². The molecule has 17 heavy (non-hydrogen) atoms. The van der Waals surface area contributed by atoms with Crippen LogP contribution in [0.25, 0.3) is 0 Å². The van der Waals surface area contributed by atoms with E-state index in [0.717, 1.165) is 6.20 Å². The first-order chi connectivity index (χ1) is 7.77. The van der Waals surface area contributed by atoms with Crippen molar-refractivity contribution >= 4 is 0 Å². The van der Waals surface area contributed by atoms with Crippen molar-refractivity contribution in [2.45, 2.75) is 45.3 Å². The van der Waals surface area contributed by atoms with E-state index in [9.17, 15) is 9.50 Å². The van der Waals surface area contributed by atoms with Crippen LogP contribution in [0.4, 0.5) is 4.39 Å². The molecule has 1 atom stereocenters. The fourth-order valence-electron chi connectivity index (χ4n) is 1.46. The van der Waals surface area contributed by atoms with Gasteiger partial charge < -0.3 is 10.4 Å². The summed E-state index contributed by atoms with van der Waals surface area (Å²) >= 11 is 0. The topological polar surface area (TPSA) is 45.1 Å². The number of hydrogen-bond donors (Lipinski definition) is 2. The number of pyridine rings is 1. The van der Waals surface area contributed by atoms with Crippen molar-refractivity contribution in [3.63, 3.8) is 0 Å². The second kappa shape index (κ2) is 5.10. The van der Waals surface area contributed by atoms with Gasteiger partial charge in [0.25, 0.3) is 0 Å². The highest BCUT2D eigenvalue weighted by Crippen LogP contribution is 2.23. The smallest absolute Gasteiger partial charge is 0.141 e. The summed E-state index contributed by atoms with van der Waals surface area (Å²) < 4.78 is 12.8. The molecule has 0 aromatic carbocycles. The third-order valence-electron chi connectivity index (χ3n) is 2.70. The van der Waals surface area contributed by atoms with Crippen LogP contribution in [-0.4, -0.2) is 22.2 Å². The number of halogens is 1. The zero-order valence-corrected chi connectivity index (χ0v) is 10.9. The minimum Gasteiger partial charge on any atom is -0.382 e. The summed E-state index contributed by atoms with van der Waals surface area (Å²) in [6.45, 7) is 8.37. The maximum absolute atomic E-state index is 12.8. The second-order valence-electron chi connectivity index (χ2n) is 5.35. The Hall–Kier alpha value is -1.00. The van der Waals surface area contributed by atoms with Crippen molar-refractivity contribution in [2.24, 2.45) is 0 Å². The van der Waals surface area contributed by atoms with Gasteiger partial charge in [-0.25, -0.2) is 4.39 Å². The fourth-order valence-corrected chi connectivity index (χ4v) is 1.46. The normalized spacial score (nSPS) is 15.6. The first kappa shape index (κ1) is 14.1. The van der Waals surface area contributed by atoms with E-state index in [-0.39, 0.29) is 5.54 Å². The number of aliphatic hydroxyl groups is 1. The Labute approximate surface area is 102 Å². The number of aromatic nitrogens is 1. The van der Waals surface area contributed by atoms with Gasteiger partial charge in [0.05, 0.1) is 11.9 Å². The lowest BCUT2D eigenvalue weighted by Crippen LogP contribution is -2.46. The summed E-state index contributed by atoms with van der Waals surface area (Å²) in [6.07, 6.45) is 1.65. The van der Waals surface area contributed by atoms with E-state index in [4.69, 9.17) is 0 Å². The summed E-state index contributed by atoms with van der Waals surface area (Å²) in [5.41, 5.74) is -0.636. The van der Waals surface area contributed by atoms with Crippen LogP contribution >= 0.6 is 0 Å². The van der Waals surface area contributed by atoms with Crippen LogP contribution in [0.1, 0.15) is 39.8 Å². The van der Waals surface area contributed by atoms with Crippen molar-refractivity contribution in [3.05, 3.63) is 29.8 Å². The molecule has 3 nitrogen and oxygen atoms in total. The molecule has 1 aromatic rings. The van der Waals surface area contributed by atoms with E-state index in [1.807, 2.05) is 27.7 Å². The molecule has 0 saturated heterocycles. The van der Waals surface area contributed by atoms with Crippen LogP contribution in [0.2, 0.25) is 0 Å². The van der Waals surface area contributed by atoms with E-state index in [0.29, 0.717) is 18.7 Å². The molecule has 2 N–H and O–H groups in total. The minimum atomic E-state index is -1.05. The van der Waals surface area contributed by atoms with Gasteiger partial charge in [0.15, 0.2) is 0 Å². The Kier molecular flexibility index (Phi) is 4.22. The molecule has 1 aromatic heterocycles. The third-order valence-corrected chi connectivity index (χ3v) is 2.70. The van der Waals surface area contributed by atoms with E-state index < -0.39 is 11.4 Å². The molecule has 96 valence electrons. The van der Waals surface area contributed by atoms with Gasteiger partial charge in [-0.2, -0.15) is 0 Å². The Balaban J connectivity index is 2.84. The predicted octanol–water partition coefficient (Wildman–Crippen LogP) is 2.21. The number of β-amino-alcohol motifs (C(OH)–C–C–N with tert-alkyl or cyclic N) is 1. The van der Waals surface area contributed by atoms with Crippen molar-refractivity contribution in [3.8, 4) is 0 Å². The molecular formula is C13H21FN2O. The molecular weight excluding hydrogens is 219 g/mol. The predicted molar refractivity (Wildman–Crippen MR) is 66.1 cm³/mol. The number of rotatable bonds is 4. The second-order valence-corrected chi connectivity index (χ2v) is 5.35. The Morgan fingerprint density at radius 2 is 2.00 bits per heavy atom. The van der Waals surface area contributed by atoms with Gasteiger partial charge in [-0.1, -0.05) is 6.92 Å². The highest BCUT2D eigenvalue weighted by atomic mass is 19.1. The maximum atomic E-state index is 12.8. The molecule has 0 aliphatic rings. The van der Waals surface area contributed by atoms with Crippen molar-refractivity contribution in [1.29, 1.82) is 0 Å². The van der Waals surface area contributed by atoms with Gasteiger partial charge in [-0.15, -0.1) is 0 Å². The van der Waals surface area contributed by atoms with Crippen LogP contribution in [-0.2, 0) is 5.60 Å². The number of nitrogens with one attached hydrogen (secondary N) is 1. The monoisotopic (exact) mass is 240 g/mol. The van der Waals surface area contributed by atoms with Crippen LogP contribution < -0.4 is 5.32 Å². The van der Waals surface area contributed by atoms with Gasteiger partial charge in [0.1, 0.15) is 11.4 Å². The molecule has 4 heteroatoms. The molecule has 0 saturated carbocycles. The SMILES string of the molecule is CCC(O)(CNC(C)(C)C)c1ccc(F)cn1. The molecule has 0 aliphatic carbocycles. The molecule has 1 rings (SSSR count). The van der Waals surface area contributed by atoms with Gasteiger partial charge >= 0.3 is 0 Å². The number of nitrogens with zero attached hydrogens (tertiary/aromatic N) is 1. The lowest BCUT2D eigenvalue weighted by molar-refractivity contribution is 0.0224. The lowest BCUT2D eigenvalue weighted by Gasteiger charge is -2.31. The van der Waals surface area contributed by atoms with Gasteiger partial charge in [-0.3, -0.25) is 4.98 Å². The minimum absolute atomic E-state index is 0.0802. The van der Waals surface area contributed by atoms with E-state index in [2.05, 4.69) is 10.3 Å². The molecule has 0 bridgehead atoms. The quantitative estimate of drug-likeness (QED) is 0.848. The maximum Gasteiger partial charge on any atom is 0.141 e. The van der Waals surface area contributed by atoms with Crippen LogP contribution in [0.3, 0.4) is 0 Å². The van der Waals surface area contributed by atoms with E-state index >= 15 is 0 Å². The zero-order chi connectivity index (χ0) is 13.1. The highest BCUT2D eigenvalue weighted by molar-refractivity contribution is 5.14. The van der Waals surface area contributed by atoms with Crippen LogP contribution in [0.15, 0.2) is 18.3 Å². The Bertz CT molecular complexity index is 359. The van der Waals surface area contributed by atoms with Crippen LogP contribution in [0, 0.1) is 5.82 Å². The first-order valence-electron chi connectivity index (χ1n) is 5.86. The molecule has 1 unspecified atom stereocenters. The van der Waals surface area contributed by atoms with Crippen molar-refractivity contribution in [1.82, 2.24) is 10.3 Å². The molecule has 0 spiro atoms. The van der Waals surface area contributed by atoms with E-state index in [1.54, 1.807) is 0 Å². The first-order valence-corrected chi connectivity index (χ1v) is 5.86. The fraction of sp³-hybridized carbons (Fsp3) is 0.615. The van der Waals surface area contributed by atoms with E-state index in [1.165, 1.54) is 12.1 Å². The molecule has 0 aliphatic heterocycles. The Morgan fingerprint density at radius 1 is 1.35 bits per heavy atom. The molecule has 0 fully saturated rings. The number of hydrogen-bond acceptors (Lipinski definition) is 3. The molecule has 0 radical (unpaired) electrons. The summed E-state index contributed by atoms with van der Waals surface area (Å²) in [5, 5.41) is 13.7. The van der Waals surface area contributed by atoms with Crippen molar-refractivity contribution < 1.29 is 9.50 Å². The van der Waals surface area contributed by atoms with Gasteiger partial charge in [0.2, 0.25) is 0 Å². The Morgan fingerprint density at radius 3 is 2.41 bits per heavy atom. The largest absolute Gasteiger partial charge is 0.382 e. The average Bonchev–Trinajstić information content (AvgIpc) is 2.26. The van der Waals surface area contributed by atoms with Gasteiger partial charge in [0, 0.05) is 12.1 Å². The zero-order valence-electron chi connectivity index (χ0n) is 10.9. The standard InChI is InChI=1S/C13H21FN2O/c1-5-13(17,9-16-12(2,3)4)11-7-6-10(14)8-15-11/h6-8,16-17H,5,9H2,1-4H3.